The van der Waals surface area contributed by atoms with E-state index in [1.807, 2.05) is 19.2 Å². The second kappa shape index (κ2) is 8.88. The van der Waals surface area contributed by atoms with Crippen LogP contribution >= 0.6 is 34.8 Å². The predicted octanol–water partition coefficient (Wildman–Crippen LogP) is 5.81. The number of hydrogen-bond acceptors (Lipinski definition) is 4. The lowest BCUT2D eigenvalue weighted by molar-refractivity contribution is -0.123. The third kappa shape index (κ3) is 4.91. The lowest BCUT2D eigenvalue weighted by atomic mass is 9.88. The highest BCUT2D eigenvalue weighted by molar-refractivity contribution is 6.35. The van der Waals surface area contributed by atoms with Crippen molar-refractivity contribution in [1.29, 1.82) is 0 Å². The van der Waals surface area contributed by atoms with Crippen molar-refractivity contribution in [3.8, 4) is 5.75 Å². The number of hydrogen-bond donors (Lipinski definition) is 1. The smallest absolute Gasteiger partial charge is 0.277 e. The number of nitrogens with one attached hydrogen (secondary N) is 1. The molecule has 5 nitrogen and oxygen atoms in total. The summed E-state index contributed by atoms with van der Waals surface area (Å²) in [5, 5.41) is 5.36. The largest absolute Gasteiger partial charge is 0.482 e. The quantitative estimate of drug-likeness (QED) is 0.447. The van der Waals surface area contributed by atoms with Gasteiger partial charge in [0.15, 0.2) is 6.61 Å². The Hall–Kier alpha value is -2.21. The predicted molar refractivity (Wildman–Crippen MR) is 125 cm³/mol. The number of allylic oxidation sites excluding steroid dienone is 1. The van der Waals surface area contributed by atoms with Crippen LogP contribution in [0, 0.1) is 0 Å². The van der Waals surface area contributed by atoms with Gasteiger partial charge in [-0.1, -0.05) is 40.9 Å². The average molecular weight is 467 g/mol. The van der Waals surface area contributed by atoms with Gasteiger partial charge in [-0.15, -0.1) is 0 Å². The van der Waals surface area contributed by atoms with E-state index in [-0.39, 0.29) is 12.1 Å². The standard InChI is InChI=1S/C22H22Cl3N3O2/c1-13-10-22(2,3)28(4)19-9-17(24)14(7-16(13)19)11-26-27-21(29)12-30-20-6-5-15(23)8-18(20)25/h5-11H,12H2,1-4H3,(H,27,29)/b26-11-. The van der Waals surface area contributed by atoms with E-state index in [1.54, 1.807) is 18.2 Å². The summed E-state index contributed by atoms with van der Waals surface area (Å²) in [6.07, 6.45) is 3.73. The molecule has 2 aromatic rings. The van der Waals surface area contributed by atoms with Crippen LogP contribution in [0.5, 0.6) is 5.75 Å². The first kappa shape index (κ1) is 22.5. The van der Waals surface area contributed by atoms with Crippen LogP contribution in [0.4, 0.5) is 5.69 Å². The number of carbonyl (C=O) groups excluding carboxylic acids is 1. The minimum Gasteiger partial charge on any atom is -0.482 e. The molecule has 1 aliphatic rings. The number of halogens is 3. The Morgan fingerprint density at radius 1 is 1.20 bits per heavy atom. The fourth-order valence-electron chi connectivity index (χ4n) is 3.23. The van der Waals surface area contributed by atoms with Gasteiger partial charge < -0.3 is 9.64 Å². The number of ether oxygens (including phenoxy) is 1. The second-order valence-corrected chi connectivity index (χ2v) is 8.84. The van der Waals surface area contributed by atoms with Crippen molar-refractivity contribution in [2.75, 3.05) is 18.6 Å². The zero-order valence-corrected chi connectivity index (χ0v) is 19.4. The van der Waals surface area contributed by atoms with Crippen molar-refractivity contribution >= 4 is 58.2 Å². The second-order valence-electron chi connectivity index (χ2n) is 7.59. The molecule has 0 atom stereocenters. The minimum atomic E-state index is -0.427. The van der Waals surface area contributed by atoms with Gasteiger partial charge in [0.25, 0.3) is 5.91 Å². The summed E-state index contributed by atoms with van der Waals surface area (Å²) in [6, 6.07) is 8.66. The van der Waals surface area contributed by atoms with Crippen molar-refractivity contribution in [3.63, 3.8) is 0 Å². The Morgan fingerprint density at radius 3 is 2.63 bits per heavy atom. The van der Waals surface area contributed by atoms with Crippen LogP contribution in [0.2, 0.25) is 15.1 Å². The average Bonchev–Trinajstić information content (AvgIpc) is 2.66. The first-order chi connectivity index (χ1) is 14.1. The van der Waals surface area contributed by atoms with Crippen molar-refractivity contribution in [2.24, 2.45) is 5.10 Å². The van der Waals surface area contributed by atoms with Crippen LogP contribution in [-0.2, 0) is 4.79 Å². The molecule has 1 N–H and O–H groups in total. The van der Waals surface area contributed by atoms with Crippen LogP contribution in [0.3, 0.4) is 0 Å². The summed E-state index contributed by atoms with van der Waals surface area (Å²) in [6.45, 7) is 6.14. The molecule has 1 amide bonds. The monoisotopic (exact) mass is 465 g/mol. The molecule has 3 rings (SSSR count). The number of nitrogens with zero attached hydrogens (tertiary/aromatic N) is 2. The highest BCUT2D eigenvalue weighted by Crippen LogP contribution is 2.40. The van der Waals surface area contributed by atoms with Gasteiger partial charge in [0, 0.05) is 28.9 Å². The van der Waals surface area contributed by atoms with E-state index in [9.17, 15) is 4.79 Å². The Labute approximate surface area is 191 Å². The van der Waals surface area contributed by atoms with Gasteiger partial charge in [0.1, 0.15) is 5.75 Å². The van der Waals surface area contributed by atoms with Crippen LogP contribution in [0.15, 0.2) is 41.5 Å². The molecule has 0 spiro atoms. The molecule has 0 fully saturated rings. The number of benzene rings is 2. The molecule has 0 bridgehead atoms. The van der Waals surface area contributed by atoms with Crippen LogP contribution in [0.25, 0.3) is 5.57 Å². The highest BCUT2D eigenvalue weighted by atomic mass is 35.5. The maximum absolute atomic E-state index is 12.0. The fraction of sp³-hybridized carbons (Fsp3) is 0.273. The summed E-state index contributed by atoms with van der Waals surface area (Å²) in [5.41, 5.74) is 6.33. The molecule has 0 unspecified atom stereocenters. The molecule has 158 valence electrons. The topological polar surface area (TPSA) is 53.9 Å². The van der Waals surface area contributed by atoms with Crippen molar-refractivity contribution < 1.29 is 9.53 Å². The van der Waals surface area contributed by atoms with E-state index in [0.29, 0.717) is 26.4 Å². The summed E-state index contributed by atoms with van der Waals surface area (Å²) in [7, 11) is 2.04. The number of fused-ring (bicyclic) bond motifs is 1. The molecular weight excluding hydrogens is 445 g/mol. The summed E-state index contributed by atoms with van der Waals surface area (Å²) < 4.78 is 5.38. The molecular formula is C22H22Cl3N3O2. The summed E-state index contributed by atoms with van der Waals surface area (Å²) in [4.78, 5) is 14.2. The van der Waals surface area contributed by atoms with E-state index < -0.39 is 5.91 Å². The molecule has 1 aliphatic heterocycles. The van der Waals surface area contributed by atoms with E-state index in [2.05, 4.69) is 42.3 Å². The van der Waals surface area contributed by atoms with Gasteiger partial charge in [0.05, 0.1) is 21.8 Å². The van der Waals surface area contributed by atoms with Crippen LogP contribution in [-0.4, -0.2) is 31.3 Å². The van der Waals surface area contributed by atoms with Gasteiger partial charge in [-0.25, -0.2) is 5.43 Å². The number of amides is 1. The molecule has 30 heavy (non-hydrogen) atoms. The molecule has 1 heterocycles. The molecule has 8 heteroatoms. The van der Waals surface area contributed by atoms with E-state index in [0.717, 1.165) is 16.8 Å². The molecule has 2 aromatic carbocycles. The number of likely N-dealkylation sites (N-methyl/N-ethyl adjacent to an activating group) is 1. The van der Waals surface area contributed by atoms with Crippen molar-refractivity contribution in [2.45, 2.75) is 26.3 Å². The van der Waals surface area contributed by atoms with Crippen LogP contribution in [0.1, 0.15) is 31.9 Å². The minimum absolute atomic E-state index is 0.100. The maximum Gasteiger partial charge on any atom is 0.277 e. The van der Waals surface area contributed by atoms with Gasteiger partial charge >= 0.3 is 0 Å². The molecule has 0 aliphatic carbocycles. The van der Waals surface area contributed by atoms with Gasteiger partial charge in [-0.05, 0) is 56.7 Å². The third-order valence-corrected chi connectivity index (χ3v) is 5.84. The molecule has 0 radical (unpaired) electrons. The lowest BCUT2D eigenvalue weighted by Crippen LogP contribution is -2.42. The van der Waals surface area contributed by atoms with Gasteiger partial charge in [-0.2, -0.15) is 5.10 Å². The van der Waals surface area contributed by atoms with Gasteiger partial charge in [-0.3, -0.25) is 4.79 Å². The Balaban J connectivity index is 1.67. The Morgan fingerprint density at radius 2 is 1.93 bits per heavy atom. The first-order valence-corrected chi connectivity index (χ1v) is 10.4. The SMILES string of the molecule is CC1=CC(C)(C)N(C)c2cc(Cl)c(/C=N\NC(=O)COc3ccc(Cl)cc3Cl)cc21. The van der Waals surface area contributed by atoms with Crippen molar-refractivity contribution in [3.05, 3.63) is 62.6 Å². The van der Waals surface area contributed by atoms with E-state index in [1.165, 1.54) is 6.21 Å². The van der Waals surface area contributed by atoms with Gasteiger partial charge in [0.2, 0.25) is 0 Å². The van der Waals surface area contributed by atoms with E-state index in [4.69, 9.17) is 39.5 Å². The Bertz CT molecular complexity index is 1050. The number of rotatable bonds is 5. The molecule has 0 aromatic heterocycles. The number of anilines is 1. The molecule has 0 saturated carbocycles. The highest BCUT2D eigenvalue weighted by Gasteiger charge is 2.29. The van der Waals surface area contributed by atoms with E-state index >= 15 is 0 Å². The zero-order chi connectivity index (χ0) is 22.1. The normalized spacial score (nSPS) is 15.0. The maximum atomic E-state index is 12.0. The zero-order valence-electron chi connectivity index (χ0n) is 17.1. The summed E-state index contributed by atoms with van der Waals surface area (Å²) >= 11 is 18.3. The molecule has 0 saturated heterocycles. The van der Waals surface area contributed by atoms with Crippen LogP contribution < -0.4 is 15.1 Å². The van der Waals surface area contributed by atoms with Crippen molar-refractivity contribution in [1.82, 2.24) is 5.43 Å². The number of carbonyl (C=O) groups is 1. The third-order valence-electron chi connectivity index (χ3n) is 4.98. The fourth-order valence-corrected chi connectivity index (χ4v) is 3.90. The number of hydrazone groups is 1. The summed E-state index contributed by atoms with van der Waals surface area (Å²) in [5.74, 6) is -0.0591. The first-order valence-electron chi connectivity index (χ1n) is 9.25. The lowest BCUT2D eigenvalue weighted by Gasteiger charge is -2.40. The Kier molecular flexibility index (Phi) is 6.65.